The summed E-state index contributed by atoms with van der Waals surface area (Å²) in [5, 5.41) is -0.266. The molecule has 1 N–H and O–H groups in total. The molecule has 14 heavy (non-hydrogen) atoms. The fraction of sp³-hybridized carbons (Fsp3) is 1.00. The molecule has 0 aliphatic heterocycles. The van der Waals surface area contributed by atoms with Gasteiger partial charge in [0.25, 0.3) is 0 Å². The van der Waals surface area contributed by atoms with Gasteiger partial charge in [-0.3, -0.25) is 0 Å². The van der Waals surface area contributed by atoms with Crippen LogP contribution in [0, 0.1) is 0 Å². The Hall–Kier alpha value is -0.130. The summed E-state index contributed by atoms with van der Waals surface area (Å²) in [4.78, 5) is 0. The molecule has 0 radical (unpaired) electrons. The molecule has 2 unspecified atom stereocenters. The lowest BCUT2D eigenvalue weighted by Crippen LogP contribution is -2.37. The Kier molecular flexibility index (Phi) is 4.34. The van der Waals surface area contributed by atoms with Crippen molar-refractivity contribution in [3.63, 3.8) is 0 Å². The van der Waals surface area contributed by atoms with Crippen molar-refractivity contribution >= 4 is 10.0 Å². The van der Waals surface area contributed by atoms with Crippen molar-refractivity contribution in [3.8, 4) is 0 Å². The topological polar surface area (TPSA) is 55.4 Å². The Bertz CT molecular complexity index is 261. The predicted octanol–water partition coefficient (Wildman–Crippen LogP) is 0.883. The van der Waals surface area contributed by atoms with E-state index in [4.69, 9.17) is 4.74 Å². The normalized spacial score (nSPS) is 29.0. The second-order valence-electron chi connectivity index (χ2n) is 3.62. The average molecular weight is 221 g/mol. The fourth-order valence-corrected chi connectivity index (χ4v) is 3.22. The van der Waals surface area contributed by atoms with Crippen LogP contribution in [0.25, 0.3) is 0 Å². The maximum Gasteiger partial charge on any atom is 0.214 e. The Balaban J connectivity index is 2.56. The zero-order valence-electron chi connectivity index (χ0n) is 8.82. The molecular formula is C9H19NO3S. The summed E-state index contributed by atoms with van der Waals surface area (Å²) in [6.07, 6.45) is 3.45. The molecule has 1 fully saturated rings. The highest BCUT2D eigenvalue weighted by Gasteiger charge is 2.30. The smallest absolute Gasteiger partial charge is 0.214 e. The van der Waals surface area contributed by atoms with Crippen LogP contribution in [-0.2, 0) is 14.8 Å². The largest absolute Gasteiger partial charge is 0.378 e. The van der Waals surface area contributed by atoms with E-state index in [1.165, 1.54) is 7.05 Å². The molecule has 1 saturated carbocycles. The van der Waals surface area contributed by atoms with Crippen LogP contribution >= 0.6 is 0 Å². The summed E-state index contributed by atoms with van der Waals surface area (Å²) in [6.45, 7) is 2.60. The minimum Gasteiger partial charge on any atom is -0.378 e. The number of sulfonamides is 1. The summed E-state index contributed by atoms with van der Waals surface area (Å²) in [7, 11) is -1.63. The van der Waals surface area contributed by atoms with Crippen molar-refractivity contribution in [2.45, 2.75) is 44.0 Å². The third-order valence-electron chi connectivity index (χ3n) is 2.70. The fourth-order valence-electron chi connectivity index (χ4n) is 1.94. The van der Waals surface area contributed by atoms with Crippen molar-refractivity contribution < 1.29 is 13.2 Å². The summed E-state index contributed by atoms with van der Waals surface area (Å²) >= 11 is 0. The van der Waals surface area contributed by atoms with E-state index in [9.17, 15) is 8.42 Å². The molecule has 0 spiro atoms. The van der Waals surface area contributed by atoms with Gasteiger partial charge >= 0.3 is 0 Å². The maximum absolute atomic E-state index is 11.5. The highest BCUT2D eigenvalue weighted by atomic mass is 32.2. The molecule has 1 aliphatic carbocycles. The van der Waals surface area contributed by atoms with Gasteiger partial charge in [-0.25, -0.2) is 13.1 Å². The SMILES string of the molecule is CCOC1CCCC(S(=O)(=O)NC)C1. The number of ether oxygens (including phenoxy) is 1. The van der Waals surface area contributed by atoms with E-state index < -0.39 is 10.0 Å². The quantitative estimate of drug-likeness (QED) is 0.767. The van der Waals surface area contributed by atoms with Gasteiger partial charge in [0, 0.05) is 6.61 Å². The summed E-state index contributed by atoms with van der Waals surface area (Å²) in [5.74, 6) is 0. The van der Waals surface area contributed by atoms with Crippen LogP contribution < -0.4 is 4.72 Å². The molecule has 0 heterocycles. The Morgan fingerprint density at radius 2 is 2.14 bits per heavy atom. The molecule has 0 bridgehead atoms. The van der Waals surface area contributed by atoms with Gasteiger partial charge in [0.1, 0.15) is 0 Å². The van der Waals surface area contributed by atoms with Crippen molar-refractivity contribution in [2.24, 2.45) is 0 Å². The van der Waals surface area contributed by atoms with E-state index in [1.54, 1.807) is 0 Å². The Morgan fingerprint density at radius 1 is 1.43 bits per heavy atom. The van der Waals surface area contributed by atoms with Crippen LogP contribution in [0.5, 0.6) is 0 Å². The molecule has 5 heteroatoms. The van der Waals surface area contributed by atoms with Crippen molar-refractivity contribution in [1.82, 2.24) is 4.72 Å². The lowest BCUT2D eigenvalue weighted by Gasteiger charge is -2.28. The van der Waals surface area contributed by atoms with E-state index in [2.05, 4.69) is 4.72 Å². The lowest BCUT2D eigenvalue weighted by molar-refractivity contribution is 0.0377. The van der Waals surface area contributed by atoms with Crippen LogP contribution in [0.15, 0.2) is 0 Å². The maximum atomic E-state index is 11.5. The average Bonchev–Trinajstić information content (AvgIpc) is 2.19. The molecule has 84 valence electrons. The minimum absolute atomic E-state index is 0.127. The molecule has 2 atom stereocenters. The number of nitrogens with one attached hydrogen (secondary N) is 1. The molecule has 1 rings (SSSR count). The van der Waals surface area contributed by atoms with Gasteiger partial charge in [-0.2, -0.15) is 0 Å². The zero-order valence-corrected chi connectivity index (χ0v) is 9.64. The minimum atomic E-state index is -3.10. The highest BCUT2D eigenvalue weighted by Crippen LogP contribution is 2.25. The number of hydrogen-bond donors (Lipinski definition) is 1. The van der Waals surface area contributed by atoms with Crippen molar-refractivity contribution in [2.75, 3.05) is 13.7 Å². The van der Waals surface area contributed by atoms with Gasteiger partial charge in [0.2, 0.25) is 10.0 Å². The van der Waals surface area contributed by atoms with Crippen LogP contribution in [0.4, 0.5) is 0 Å². The summed E-state index contributed by atoms with van der Waals surface area (Å²) in [5.41, 5.74) is 0. The summed E-state index contributed by atoms with van der Waals surface area (Å²) < 4.78 is 30.9. The number of rotatable bonds is 4. The highest BCUT2D eigenvalue weighted by molar-refractivity contribution is 7.90. The molecule has 1 aliphatic rings. The molecule has 0 saturated heterocycles. The third-order valence-corrected chi connectivity index (χ3v) is 4.58. The second kappa shape index (κ2) is 5.09. The molecule has 4 nitrogen and oxygen atoms in total. The van der Waals surface area contributed by atoms with Gasteiger partial charge in [-0.15, -0.1) is 0 Å². The first kappa shape index (κ1) is 11.9. The molecule has 0 aromatic carbocycles. The van der Waals surface area contributed by atoms with Gasteiger partial charge in [-0.1, -0.05) is 0 Å². The molecule has 0 aromatic heterocycles. The van der Waals surface area contributed by atoms with Gasteiger partial charge in [0.05, 0.1) is 11.4 Å². The Morgan fingerprint density at radius 3 is 2.71 bits per heavy atom. The zero-order chi connectivity index (χ0) is 10.6. The first-order chi connectivity index (χ1) is 6.60. The Labute approximate surface area is 86.1 Å². The van der Waals surface area contributed by atoms with E-state index >= 15 is 0 Å². The van der Waals surface area contributed by atoms with E-state index in [0.29, 0.717) is 13.0 Å². The van der Waals surface area contributed by atoms with E-state index in [-0.39, 0.29) is 11.4 Å². The van der Waals surface area contributed by atoms with Gasteiger partial charge in [-0.05, 0) is 39.7 Å². The van der Waals surface area contributed by atoms with Gasteiger partial charge in [0.15, 0.2) is 0 Å². The lowest BCUT2D eigenvalue weighted by atomic mass is 9.97. The first-order valence-corrected chi connectivity index (χ1v) is 6.68. The van der Waals surface area contributed by atoms with Crippen molar-refractivity contribution in [1.29, 1.82) is 0 Å². The van der Waals surface area contributed by atoms with E-state index in [1.807, 2.05) is 6.92 Å². The van der Waals surface area contributed by atoms with Crippen molar-refractivity contribution in [3.05, 3.63) is 0 Å². The second-order valence-corrected chi connectivity index (χ2v) is 5.78. The van der Waals surface area contributed by atoms with Crippen LogP contribution in [0.1, 0.15) is 32.6 Å². The predicted molar refractivity (Wildman–Crippen MR) is 55.6 cm³/mol. The van der Waals surface area contributed by atoms with Crippen LogP contribution in [-0.4, -0.2) is 33.4 Å². The molecule has 0 amide bonds. The monoisotopic (exact) mass is 221 g/mol. The third kappa shape index (κ3) is 2.93. The summed E-state index contributed by atoms with van der Waals surface area (Å²) in [6, 6.07) is 0. The number of hydrogen-bond acceptors (Lipinski definition) is 3. The standard InChI is InChI=1S/C9H19NO3S/c1-3-13-8-5-4-6-9(7-8)14(11,12)10-2/h8-10H,3-7H2,1-2H3. The molecule has 0 aromatic rings. The molecular weight excluding hydrogens is 202 g/mol. The van der Waals surface area contributed by atoms with Crippen LogP contribution in [0.2, 0.25) is 0 Å². The first-order valence-electron chi connectivity index (χ1n) is 5.14. The van der Waals surface area contributed by atoms with Gasteiger partial charge < -0.3 is 4.74 Å². The van der Waals surface area contributed by atoms with Crippen LogP contribution in [0.3, 0.4) is 0 Å². The van der Waals surface area contributed by atoms with E-state index in [0.717, 1.165) is 19.3 Å².